The molecule has 5 nitrogen and oxygen atoms in total. The number of halogens is 3. The summed E-state index contributed by atoms with van der Waals surface area (Å²) in [6.45, 7) is 4.42. The van der Waals surface area contributed by atoms with Crippen molar-refractivity contribution in [1.29, 1.82) is 0 Å². The lowest BCUT2D eigenvalue weighted by Crippen LogP contribution is -2.37. The van der Waals surface area contributed by atoms with Gasteiger partial charge in [-0.2, -0.15) is 0 Å². The van der Waals surface area contributed by atoms with Crippen LogP contribution in [0, 0.1) is 11.6 Å². The second-order valence-electron chi connectivity index (χ2n) is 6.12. The fourth-order valence-corrected chi connectivity index (χ4v) is 2.68. The van der Waals surface area contributed by atoms with E-state index in [0.717, 1.165) is 35.6 Å². The van der Waals surface area contributed by atoms with E-state index < -0.39 is 11.6 Å². The molecule has 0 atom stereocenters. The van der Waals surface area contributed by atoms with E-state index in [2.05, 4.69) is 15.6 Å². The van der Waals surface area contributed by atoms with E-state index in [0.29, 0.717) is 32.3 Å². The zero-order valence-corrected chi connectivity index (χ0v) is 18.0. The third kappa shape index (κ3) is 6.22. The van der Waals surface area contributed by atoms with E-state index in [1.54, 1.807) is 0 Å². The van der Waals surface area contributed by atoms with Gasteiger partial charge in [-0.25, -0.2) is 13.8 Å². The van der Waals surface area contributed by atoms with Gasteiger partial charge in [-0.05, 0) is 42.8 Å². The number of ether oxygens (including phenoxy) is 2. The van der Waals surface area contributed by atoms with Crippen LogP contribution in [0.25, 0.3) is 0 Å². The predicted octanol–water partition coefficient (Wildman–Crippen LogP) is 4.00. The maximum absolute atomic E-state index is 13.8. The molecule has 0 saturated heterocycles. The summed E-state index contributed by atoms with van der Waals surface area (Å²) in [6, 6.07) is 9.13. The average molecular weight is 503 g/mol. The molecule has 2 aromatic carbocycles. The van der Waals surface area contributed by atoms with Crippen molar-refractivity contribution in [3.8, 4) is 11.5 Å². The van der Waals surface area contributed by atoms with Crippen LogP contribution in [0.15, 0.2) is 41.4 Å². The first-order valence-corrected chi connectivity index (χ1v) is 9.00. The molecular weight excluding hydrogens is 479 g/mol. The highest BCUT2D eigenvalue weighted by Gasteiger charge is 2.11. The van der Waals surface area contributed by atoms with Gasteiger partial charge >= 0.3 is 0 Å². The molecule has 2 N–H and O–H groups in total. The average Bonchev–Trinajstić information content (AvgIpc) is 2.91. The highest BCUT2D eigenvalue weighted by atomic mass is 127. The van der Waals surface area contributed by atoms with Gasteiger partial charge in [0.05, 0.1) is 19.8 Å². The Morgan fingerprint density at radius 1 is 1.04 bits per heavy atom. The fraction of sp³-hybridized carbons (Fsp3) is 0.350. The van der Waals surface area contributed by atoms with E-state index in [1.807, 2.05) is 25.1 Å². The second-order valence-corrected chi connectivity index (χ2v) is 6.12. The van der Waals surface area contributed by atoms with Gasteiger partial charge in [0.15, 0.2) is 17.5 Å². The number of rotatable bonds is 5. The number of nitrogens with zero attached hydrogens (tertiary/aromatic N) is 1. The number of aliphatic imine (C=N–C) groups is 1. The van der Waals surface area contributed by atoms with Crippen molar-refractivity contribution in [2.24, 2.45) is 4.99 Å². The van der Waals surface area contributed by atoms with Crippen LogP contribution in [0.1, 0.15) is 24.5 Å². The molecule has 28 heavy (non-hydrogen) atoms. The van der Waals surface area contributed by atoms with E-state index >= 15 is 0 Å². The minimum Gasteiger partial charge on any atom is -0.490 e. The van der Waals surface area contributed by atoms with Crippen molar-refractivity contribution in [3.05, 3.63) is 59.2 Å². The number of nitrogens with one attached hydrogen (secondary N) is 2. The molecule has 1 heterocycles. The molecule has 0 bridgehead atoms. The summed E-state index contributed by atoms with van der Waals surface area (Å²) in [6.07, 6.45) is 0.854. The van der Waals surface area contributed by atoms with Gasteiger partial charge < -0.3 is 20.1 Å². The SMILES string of the molecule is CCNC(=NCc1ccc2c(c1)OCCCO2)NCc1cc(F)ccc1F.I. The Labute approximate surface area is 180 Å². The van der Waals surface area contributed by atoms with Crippen LogP contribution in [0.3, 0.4) is 0 Å². The lowest BCUT2D eigenvalue weighted by Gasteiger charge is -2.12. The van der Waals surface area contributed by atoms with Gasteiger partial charge in [-0.15, -0.1) is 24.0 Å². The van der Waals surface area contributed by atoms with Gasteiger partial charge in [-0.1, -0.05) is 6.07 Å². The molecule has 0 aliphatic carbocycles. The Kier molecular flexibility index (Phi) is 8.75. The Morgan fingerprint density at radius 2 is 1.82 bits per heavy atom. The zero-order valence-electron chi connectivity index (χ0n) is 15.6. The summed E-state index contributed by atoms with van der Waals surface area (Å²) in [5.74, 6) is 1.06. The molecule has 3 rings (SSSR count). The Morgan fingerprint density at radius 3 is 2.61 bits per heavy atom. The lowest BCUT2D eigenvalue weighted by molar-refractivity contribution is 0.297. The van der Waals surface area contributed by atoms with Crippen LogP contribution < -0.4 is 20.1 Å². The second kappa shape index (κ2) is 11.0. The number of guanidine groups is 1. The minimum atomic E-state index is -0.470. The van der Waals surface area contributed by atoms with Crippen LogP contribution in [0.2, 0.25) is 0 Å². The van der Waals surface area contributed by atoms with Crippen LogP contribution in [-0.4, -0.2) is 25.7 Å². The third-order valence-electron chi connectivity index (χ3n) is 4.03. The molecule has 1 aliphatic rings. The lowest BCUT2D eigenvalue weighted by atomic mass is 10.2. The van der Waals surface area contributed by atoms with Crippen LogP contribution in [-0.2, 0) is 13.1 Å². The molecule has 0 saturated carbocycles. The van der Waals surface area contributed by atoms with E-state index in [1.165, 1.54) is 6.07 Å². The van der Waals surface area contributed by atoms with Gasteiger partial charge in [0.1, 0.15) is 11.6 Å². The summed E-state index contributed by atoms with van der Waals surface area (Å²) in [5, 5.41) is 6.12. The highest BCUT2D eigenvalue weighted by Crippen LogP contribution is 2.30. The molecule has 8 heteroatoms. The van der Waals surface area contributed by atoms with Crippen molar-refractivity contribution in [2.75, 3.05) is 19.8 Å². The van der Waals surface area contributed by atoms with Crippen LogP contribution >= 0.6 is 24.0 Å². The molecule has 0 aromatic heterocycles. The van der Waals surface area contributed by atoms with Gasteiger partial charge in [-0.3, -0.25) is 0 Å². The monoisotopic (exact) mass is 503 g/mol. The molecule has 0 radical (unpaired) electrons. The quantitative estimate of drug-likeness (QED) is 0.368. The molecular formula is C20H24F2IN3O2. The topological polar surface area (TPSA) is 54.9 Å². The fourth-order valence-electron chi connectivity index (χ4n) is 2.68. The minimum absolute atomic E-state index is 0. The molecule has 0 spiro atoms. The molecule has 2 aromatic rings. The van der Waals surface area contributed by atoms with E-state index in [9.17, 15) is 8.78 Å². The molecule has 152 valence electrons. The van der Waals surface area contributed by atoms with Gasteiger partial charge in [0.25, 0.3) is 0 Å². The first kappa shape index (κ1) is 22.2. The van der Waals surface area contributed by atoms with Gasteiger partial charge in [0, 0.05) is 25.1 Å². The molecule has 0 fully saturated rings. The zero-order chi connectivity index (χ0) is 19.1. The van der Waals surface area contributed by atoms with E-state index in [4.69, 9.17) is 9.47 Å². The van der Waals surface area contributed by atoms with Crippen molar-refractivity contribution in [1.82, 2.24) is 10.6 Å². The summed E-state index contributed by atoms with van der Waals surface area (Å²) in [5.41, 5.74) is 1.21. The number of hydrogen-bond donors (Lipinski definition) is 2. The van der Waals surface area contributed by atoms with Crippen molar-refractivity contribution in [3.63, 3.8) is 0 Å². The van der Waals surface area contributed by atoms with Crippen LogP contribution in [0.4, 0.5) is 8.78 Å². The number of hydrogen-bond acceptors (Lipinski definition) is 3. The molecule has 0 amide bonds. The van der Waals surface area contributed by atoms with Gasteiger partial charge in [0.2, 0.25) is 0 Å². The maximum Gasteiger partial charge on any atom is 0.191 e. The van der Waals surface area contributed by atoms with Crippen molar-refractivity contribution in [2.45, 2.75) is 26.4 Å². The first-order valence-electron chi connectivity index (χ1n) is 9.00. The van der Waals surface area contributed by atoms with Crippen molar-refractivity contribution < 1.29 is 18.3 Å². The largest absolute Gasteiger partial charge is 0.490 e. The third-order valence-corrected chi connectivity index (χ3v) is 4.03. The Balaban J connectivity index is 0.00000280. The van der Waals surface area contributed by atoms with E-state index in [-0.39, 0.29) is 36.1 Å². The number of benzene rings is 2. The normalized spacial score (nSPS) is 13.3. The molecule has 0 unspecified atom stereocenters. The van der Waals surface area contributed by atoms with Crippen LogP contribution in [0.5, 0.6) is 11.5 Å². The summed E-state index contributed by atoms with van der Waals surface area (Å²) in [4.78, 5) is 4.51. The molecule has 1 aliphatic heterocycles. The smallest absolute Gasteiger partial charge is 0.191 e. The summed E-state index contributed by atoms with van der Waals surface area (Å²) < 4.78 is 38.4. The predicted molar refractivity (Wildman–Crippen MR) is 115 cm³/mol. The standard InChI is InChI=1S/C20H23F2N3O2.HI/c1-2-23-20(25-13-15-11-16(21)5-6-17(15)22)24-12-14-4-7-18-19(10-14)27-9-3-8-26-18;/h4-7,10-11H,2-3,8-9,12-13H2,1H3,(H2,23,24,25);1H. The Bertz CT molecular complexity index is 818. The van der Waals surface area contributed by atoms with Crippen molar-refractivity contribution >= 4 is 29.9 Å². The number of fused-ring (bicyclic) bond motifs is 1. The Hall–Kier alpha value is -2.10. The first-order chi connectivity index (χ1) is 13.2. The summed E-state index contributed by atoms with van der Waals surface area (Å²) in [7, 11) is 0. The highest BCUT2D eigenvalue weighted by molar-refractivity contribution is 14.0. The summed E-state index contributed by atoms with van der Waals surface area (Å²) >= 11 is 0. The maximum atomic E-state index is 13.8.